The van der Waals surface area contributed by atoms with Crippen LogP contribution in [0.5, 0.6) is 0 Å². The predicted octanol–water partition coefficient (Wildman–Crippen LogP) is 4.82. The van der Waals surface area contributed by atoms with Gasteiger partial charge in [0, 0.05) is 10.0 Å². The minimum Gasteiger partial charge on any atom is -0.334 e. The van der Waals surface area contributed by atoms with Gasteiger partial charge in [0.2, 0.25) is 0 Å². The molecule has 2 rings (SSSR count). The molecule has 0 N–H and O–H groups in total. The highest BCUT2D eigenvalue weighted by Gasteiger charge is 2.33. The van der Waals surface area contributed by atoms with Crippen LogP contribution in [0.4, 0.5) is 13.2 Å². The monoisotopic (exact) mass is 354 g/mol. The molecular formula is C11H7BrClF3N2O. The number of hydrogen-bond donors (Lipinski definition) is 0. The largest absolute Gasteiger partial charge is 0.417 e. The Balaban J connectivity index is 2.45. The van der Waals surface area contributed by atoms with Crippen molar-refractivity contribution in [2.75, 3.05) is 0 Å². The number of rotatable bonds is 2. The SMILES string of the molecule is CC(Cl)c1noc(-c2ccc(Br)c(C(F)(F)F)c2)n1. The van der Waals surface area contributed by atoms with Crippen LogP contribution in [0.2, 0.25) is 0 Å². The quantitative estimate of drug-likeness (QED) is 0.725. The second-order valence-electron chi connectivity index (χ2n) is 3.77. The third-order valence-corrected chi connectivity index (χ3v) is 3.20. The zero-order chi connectivity index (χ0) is 14.2. The number of nitrogens with zero attached hydrogens (tertiary/aromatic N) is 2. The van der Waals surface area contributed by atoms with Gasteiger partial charge in [-0.2, -0.15) is 18.2 Å². The lowest BCUT2D eigenvalue weighted by molar-refractivity contribution is -0.138. The van der Waals surface area contributed by atoms with E-state index in [2.05, 4.69) is 26.1 Å². The van der Waals surface area contributed by atoms with Gasteiger partial charge in [-0.3, -0.25) is 0 Å². The summed E-state index contributed by atoms with van der Waals surface area (Å²) in [5.74, 6) is 0.230. The Morgan fingerprint density at radius 1 is 1.37 bits per heavy atom. The summed E-state index contributed by atoms with van der Waals surface area (Å²) in [7, 11) is 0. The van der Waals surface area contributed by atoms with E-state index in [1.54, 1.807) is 6.92 Å². The van der Waals surface area contributed by atoms with Crippen molar-refractivity contribution in [1.82, 2.24) is 10.1 Å². The average molecular weight is 356 g/mol. The van der Waals surface area contributed by atoms with Crippen molar-refractivity contribution >= 4 is 27.5 Å². The number of benzene rings is 1. The Bertz CT molecular complexity index is 598. The summed E-state index contributed by atoms with van der Waals surface area (Å²) in [4.78, 5) is 3.94. The number of halogens is 5. The molecule has 102 valence electrons. The smallest absolute Gasteiger partial charge is 0.334 e. The lowest BCUT2D eigenvalue weighted by atomic mass is 10.1. The Morgan fingerprint density at radius 3 is 2.58 bits per heavy atom. The van der Waals surface area contributed by atoms with Crippen LogP contribution < -0.4 is 0 Å². The molecule has 0 saturated heterocycles. The number of hydrogen-bond acceptors (Lipinski definition) is 3. The fourth-order valence-electron chi connectivity index (χ4n) is 1.39. The van der Waals surface area contributed by atoms with Crippen molar-refractivity contribution in [2.45, 2.75) is 18.5 Å². The van der Waals surface area contributed by atoms with Crippen LogP contribution in [-0.4, -0.2) is 10.1 Å². The molecule has 1 aromatic carbocycles. The maximum atomic E-state index is 12.8. The van der Waals surface area contributed by atoms with Crippen molar-refractivity contribution in [1.29, 1.82) is 0 Å². The third kappa shape index (κ3) is 3.09. The fraction of sp³-hybridized carbons (Fsp3) is 0.273. The molecule has 0 bridgehead atoms. The first-order valence-corrected chi connectivity index (χ1v) is 6.37. The molecule has 8 heteroatoms. The van der Waals surface area contributed by atoms with E-state index in [-0.39, 0.29) is 21.8 Å². The second-order valence-corrected chi connectivity index (χ2v) is 5.28. The van der Waals surface area contributed by atoms with Gasteiger partial charge in [0.05, 0.1) is 10.9 Å². The van der Waals surface area contributed by atoms with E-state index in [4.69, 9.17) is 16.1 Å². The molecule has 0 spiro atoms. The normalized spacial score (nSPS) is 13.6. The Labute approximate surface area is 119 Å². The lowest BCUT2D eigenvalue weighted by Gasteiger charge is -2.09. The van der Waals surface area contributed by atoms with Gasteiger partial charge in [0.25, 0.3) is 5.89 Å². The first-order valence-electron chi connectivity index (χ1n) is 5.14. The van der Waals surface area contributed by atoms with Gasteiger partial charge in [-0.15, -0.1) is 11.6 Å². The highest BCUT2D eigenvalue weighted by Crippen LogP contribution is 2.37. The molecule has 1 aromatic heterocycles. The van der Waals surface area contributed by atoms with Gasteiger partial charge >= 0.3 is 6.18 Å². The first kappa shape index (κ1) is 14.3. The summed E-state index contributed by atoms with van der Waals surface area (Å²) in [5, 5.41) is 3.12. The molecule has 0 aliphatic heterocycles. The van der Waals surface area contributed by atoms with E-state index < -0.39 is 17.1 Å². The van der Waals surface area contributed by atoms with Crippen molar-refractivity contribution in [3.8, 4) is 11.5 Å². The van der Waals surface area contributed by atoms with Crippen LogP contribution in [0.15, 0.2) is 27.2 Å². The van der Waals surface area contributed by atoms with Gasteiger partial charge < -0.3 is 4.52 Å². The maximum Gasteiger partial charge on any atom is 0.417 e. The van der Waals surface area contributed by atoms with E-state index in [0.29, 0.717) is 0 Å². The van der Waals surface area contributed by atoms with Gasteiger partial charge in [-0.25, -0.2) is 0 Å². The highest BCUT2D eigenvalue weighted by molar-refractivity contribution is 9.10. The molecule has 3 nitrogen and oxygen atoms in total. The standard InChI is InChI=1S/C11H7BrClF3N2O/c1-5(13)9-17-10(19-18-9)6-2-3-8(12)7(4-6)11(14,15)16/h2-5H,1H3. The summed E-state index contributed by atoms with van der Waals surface area (Å²) in [5.41, 5.74) is -0.615. The van der Waals surface area contributed by atoms with Crippen LogP contribution in [0.25, 0.3) is 11.5 Å². The van der Waals surface area contributed by atoms with Crippen LogP contribution in [-0.2, 0) is 6.18 Å². The summed E-state index contributed by atoms with van der Waals surface area (Å²) in [6.07, 6.45) is -4.46. The zero-order valence-electron chi connectivity index (χ0n) is 9.50. The Morgan fingerprint density at radius 2 is 2.05 bits per heavy atom. The summed E-state index contributed by atoms with van der Waals surface area (Å²) in [6.45, 7) is 1.64. The molecular weight excluding hydrogens is 348 g/mol. The number of alkyl halides is 4. The van der Waals surface area contributed by atoms with Gasteiger partial charge in [0.1, 0.15) is 0 Å². The minimum absolute atomic E-state index is 0.000463. The third-order valence-electron chi connectivity index (χ3n) is 2.32. The molecule has 0 amide bonds. The van der Waals surface area contributed by atoms with E-state index >= 15 is 0 Å². The van der Waals surface area contributed by atoms with Gasteiger partial charge in [0.15, 0.2) is 5.82 Å². The van der Waals surface area contributed by atoms with E-state index in [0.717, 1.165) is 6.07 Å². The summed E-state index contributed by atoms with van der Waals surface area (Å²) in [6, 6.07) is 3.68. The molecule has 19 heavy (non-hydrogen) atoms. The molecule has 1 unspecified atom stereocenters. The van der Waals surface area contributed by atoms with Crippen molar-refractivity contribution < 1.29 is 17.7 Å². The molecule has 0 aliphatic carbocycles. The minimum atomic E-state index is -4.46. The Hall–Kier alpha value is -1.08. The predicted molar refractivity (Wildman–Crippen MR) is 66.7 cm³/mol. The van der Waals surface area contributed by atoms with Crippen molar-refractivity contribution in [2.24, 2.45) is 0 Å². The van der Waals surface area contributed by atoms with E-state index in [1.807, 2.05) is 0 Å². The highest BCUT2D eigenvalue weighted by atomic mass is 79.9. The molecule has 2 aromatic rings. The lowest BCUT2D eigenvalue weighted by Crippen LogP contribution is -2.06. The summed E-state index contributed by atoms with van der Waals surface area (Å²) >= 11 is 8.62. The zero-order valence-corrected chi connectivity index (χ0v) is 11.8. The van der Waals surface area contributed by atoms with Gasteiger partial charge in [-0.05, 0) is 25.1 Å². The molecule has 0 radical (unpaired) electrons. The summed E-state index contributed by atoms with van der Waals surface area (Å²) < 4.78 is 43.1. The van der Waals surface area contributed by atoms with Gasteiger partial charge in [-0.1, -0.05) is 21.1 Å². The van der Waals surface area contributed by atoms with Crippen LogP contribution in [0.1, 0.15) is 23.7 Å². The van der Waals surface area contributed by atoms with E-state index in [9.17, 15) is 13.2 Å². The number of aromatic nitrogens is 2. The second kappa shape index (κ2) is 5.13. The van der Waals surface area contributed by atoms with Crippen LogP contribution in [0, 0.1) is 0 Å². The first-order chi connectivity index (χ1) is 8.79. The average Bonchev–Trinajstić information content (AvgIpc) is 2.77. The van der Waals surface area contributed by atoms with Crippen molar-refractivity contribution in [3.63, 3.8) is 0 Å². The Kier molecular flexibility index (Phi) is 3.87. The maximum absolute atomic E-state index is 12.8. The molecule has 0 fully saturated rings. The molecule has 1 heterocycles. The van der Waals surface area contributed by atoms with Crippen LogP contribution >= 0.6 is 27.5 Å². The van der Waals surface area contributed by atoms with E-state index in [1.165, 1.54) is 12.1 Å². The molecule has 0 aliphatic rings. The van der Waals surface area contributed by atoms with Crippen LogP contribution in [0.3, 0.4) is 0 Å². The molecule has 0 saturated carbocycles. The topological polar surface area (TPSA) is 38.9 Å². The molecule has 1 atom stereocenters. The fourth-order valence-corrected chi connectivity index (χ4v) is 1.95. The van der Waals surface area contributed by atoms with Crippen molar-refractivity contribution in [3.05, 3.63) is 34.1 Å².